The number of nitrogens with zero attached hydrogens (tertiary/aromatic N) is 3. The first-order valence-electron chi connectivity index (χ1n) is 10.2. The lowest BCUT2D eigenvalue weighted by molar-refractivity contribution is 0.415. The molecule has 0 fully saturated rings. The van der Waals surface area contributed by atoms with Crippen LogP contribution in [0, 0.1) is 6.92 Å². The average molecular weight is 475 g/mol. The minimum Gasteiger partial charge on any atom is -0.497 e. The van der Waals surface area contributed by atoms with Crippen LogP contribution in [0.25, 0.3) is 27.3 Å². The number of hydrogen-bond acceptors (Lipinski definition) is 6. The minimum atomic E-state index is -0.143. The number of aromatic nitrogens is 3. The van der Waals surface area contributed by atoms with Crippen molar-refractivity contribution in [2.24, 2.45) is 0 Å². The van der Waals surface area contributed by atoms with Crippen molar-refractivity contribution in [2.45, 2.75) is 6.92 Å². The first kappa shape index (κ1) is 21.2. The molecule has 0 amide bonds. The molecule has 0 radical (unpaired) electrons. The Bertz CT molecular complexity index is 1510. The van der Waals surface area contributed by atoms with Crippen LogP contribution in [0.5, 0.6) is 5.75 Å². The maximum Gasteiger partial charge on any atom is 0.266 e. The molecule has 3 aromatic carbocycles. The molecule has 0 aliphatic carbocycles. The molecular weight excluding hydrogens is 456 g/mol. The van der Waals surface area contributed by atoms with Gasteiger partial charge in [0.2, 0.25) is 0 Å². The summed E-state index contributed by atoms with van der Waals surface area (Å²) in [4.78, 5) is 23.9. The van der Waals surface area contributed by atoms with Gasteiger partial charge in [0.15, 0.2) is 11.0 Å². The second-order valence-corrected chi connectivity index (χ2v) is 8.79. The summed E-state index contributed by atoms with van der Waals surface area (Å²) in [5.41, 5.74) is 2.85. The Kier molecular flexibility index (Phi) is 5.58. The molecule has 5 rings (SSSR count). The summed E-state index contributed by atoms with van der Waals surface area (Å²) in [5.74, 6) is 1.32. The molecule has 0 aliphatic rings. The van der Waals surface area contributed by atoms with Crippen LogP contribution < -0.4 is 15.6 Å². The van der Waals surface area contributed by atoms with Crippen LogP contribution in [0.2, 0.25) is 5.02 Å². The first-order valence-corrected chi connectivity index (χ1v) is 11.4. The number of hydrogen-bond donors (Lipinski definition) is 1. The van der Waals surface area contributed by atoms with Gasteiger partial charge in [-0.15, -0.1) is 0 Å². The molecule has 0 saturated carbocycles. The lowest BCUT2D eigenvalue weighted by atomic mass is 10.2. The molecule has 0 unspecified atom stereocenters. The van der Waals surface area contributed by atoms with Crippen molar-refractivity contribution in [3.8, 4) is 22.1 Å². The number of para-hydroxylation sites is 1. The van der Waals surface area contributed by atoms with Gasteiger partial charge in [0.1, 0.15) is 5.75 Å². The normalized spacial score (nSPS) is 11.0. The molecule has 6 nitrogen and oxygen atoms in total. The monoisotopic (exact) mass is 474 g/mol. The highest BCUT2D eigenvalue weighted by atomic mass is 35.5. The lowest BCUT2D eigenvalue weighted by Gasteiger charge is -2.13. The maximum atomic E-state index is 13.5. The van der Waals surface area contributed by atoms with Crippen LogP contribution in [0.15, 0.2) is 77.6 Å². The van der Waals surface area contributed by atoms with Gasteiger partial charge >= 0.3 is 0 Å². The van der Waals surface area contributed by atoms with E-state index in [1.165, 1.54) is 11.3 Å². The van der Waals surface area contributed by atoms with Crippen LogP contribution in [-0.2, 0) is 0 Å². The highest BCUT2D eigenvalue weighted by Crippen LogP contribution is 2.34. The predicted octanol–water partition coefficient (Wildman–Crippen LogP) is 6.22. The largest absolute Gasteiger partial charge is 0.497 e. The smallest absolute Gasteiger partial charge is 0.266 e. The van der Waals surface area contributed by atoms with Crippen molar-refractivity contribution in [1.29, 1.82) is 0 Å². The number of anilines is 2. The fraction of sp³-hybridized carbons (Fsp3) is 0.0800. The standard InChI is InChI=1S/C25H19ClN4O2S/c1-15-22(33-25(27-15)28-17-9-13-19(32-2)14-10-17)23-29-21-6-4-3-5-20(21)24(31)30(23)18-11-7-16(26)8-12-18/h3-14H,1-2H3,(H,27,28). The topological polar surface area (TPSA) is 69.0 Å². The van der Waals surface area contributed by atoms with E-state index in [4.69, 9.17) is 21.3 Å². The highest BCUT2D eigenvalue weighted by Gasteiger charge is 2.19. The second-order valence-electron chi connectivity index (χ2n) is 7.36. The minimum absolute atomic E-state index is 0.143. The fourth-order valence-electron chi connectivity index (χ4n) is 3.57. The van der Waals surface area contributed by atoms with Crippen molar-refractivity contribution in [1.82, 2.24) is 14.5 Å². The summed E-state index contributed by atoms with van der Waals surface area (Å²) in [5, 5.41) is 5.18. The van der Waals surface area contributed by atoms with E-state index >= 15 is 0 Å². The number of rotatable bonds is 5. The summed E-state index contributed by atoms with van der Waals surface area (Å²) in [6, 6.07) is 22.1. The van der Waals surface area contributed by atoms with E-state index in [-0.39, 0.29) is 5.56 Å². The molecule has 8 heteroatoms. The van der Waals surface area contributed by atoms with Crippen LogP contribution in [0.4, 0.5) is 10.8 Å². The average Bonchev–Trinajstić information content (AvgIpc) is 3.20. The van der Waals surface area contributed by atoms with E-state index in [0.29, 0.717) is 32.6 Å². The van der Waals surface area contributed by atoms with E-state index < -0.39 is 0 Å². The van der Waals surface area contributed by atoms with Crippen molar-refractivity contribution >= 4 is 44.7 Å². The van der Waals surface area contributed by atoms with Gasteiger partial charge in [0.05, 0.1) is 34.3 Å². The van der Waals surface area contributed by atoms with Gasteiger partial charge in [-0.2, -0.15) is 0 Å². The third kappa shape index (κ3) is 4.08. The lowest BCUT2D eigenvalue weighted by Crippen LogP contribution is -2.21. The summed E-state index contributed by atoms with van der Waals surface area (Å²) in [6.45, 7) is 1.92. The summed E-state index contributed by atoms with van der Waals surface area (Å²) in [6.07, 6.45) is 0. The summed E-state index contributed by atoms with van der Waals surface area (Å²) >= 11 is 7.53. The number of benzene rings is 3. The van der Waals surface area contributed by atoms with Gasteiger partial charge < -0.3 is 10.1 Å². The third-order valence-corrected chi connectivity index (χ3v) is 6.52. The van der Waals surface area contributed by atoms with Gasteiger partial charge in [-0.1, -0.05) is 35.1 Å². The molecule has 2 heterocycles. The zero-order valence-corrected chi connectivity index (χ0v) is 19.4. The van der Waals surface area contributed by atoms with Gasteiger partial charge in [-0.3, -0.25) is 9.36 Å². The third-order valence-electron chi connectivity index (χ3n) is 5.20. The molecule has 0 aliphatic heterocycles. The van der Waals surface area contributed by atoms with E-state index in [9.17, 15) is 4.79 Å². The Morgan fingerprint density at radius 3 is 2.42 bits per heavy atom. The summed E-state index contributed by atoms with van der Waals surface area (Å²) in [7, 11) is 1.63. The molecule has 5 aromatic rings. The van der Waals surface area contributed by atoms with Gasteiger partial charge in [-0.25, -0.2) is 9.97 Å². The SMILES string of the molecule is COc1ccc(Nc2nc(C)c(-c3nc4ccccc4c(=O)n3-c3ccc(Cl)cc3)s2)cc1. The van der Waals surface area contributed by atoms with E-state index in [1.54, 1.807) is 29.9 Å². The molecule has 0 spiro atoms. The van der Waals surface area contributed by atoms with Gasteiger partial charge in [-0.05, 0) is 67.6 Å². The Morgan fingerprint density at radius 2 is 1.70 bits per heavy atom. The number of thiazole rings is 1. The molecule has 0 atom stereocenters. The highest BCUT2D eigenvalue weighted by molar-refractivity contribution is 7.19. The Labute approximate surface area is 199 Å². The predicted molar refractivity (Wildman–Crippen MR) is 134 cm³/mol. The Morgan fingerprint density at radius 1 is 0.970 bits per heavy atom. The van der Waals surface area contributed by atoms with Gasteiger partial charge in [0.25, 0.3) is 5.56 Å². The zero-order chi connectivity index (χ0) is 22.9. The quantitative estimate of drug-likeness (QED) is 0.327. The van der Waals surface area contributed by atoms with Crippen molar-refractivity contribution < 1.29 is 4.74 Å². The van der Waals surface area contributed by atoms with Gasteiger partial charge in [0, 0.05) is 10.7 Å². The first-order chi connectivity index (χ1) is 16.0. The Balaban J connectivity index is 1.65. The molecule has 0 bridgehead atoms. The van der Waals surface area contributed by atoms with Crippen LogP contribution >= 0.6 is 22.9 Å². The van der Waals surface area contributed by atoms with E-state index in [2.05, 4.69) is 10.3 Å². The number of aryl methyl sites for hydroxylation is 1. The number of fused-ring (bicyclic) bond motifs is 1. The van der Waals surface area contributed by atoms with Crippen molar-refractivity contribution in [3.05, 3.63) is 93.9 Å². The van der Waals surface area contributed by atoms with E-state index in [1.807, 2.05) is 61.5 Å². The molecule has 1 N–H and O–H groups in total. The van der Waals surface area contributed by atoms with Crippen LogP contribution in [0.1, 0.15) is 5.69 Å². The molecule has 164 valence electrons. The maximum absolute atomic E-state index is 13.5. The van der Waals surface area contributed by atoms with Crippen LogP contribution in [0.3, 0.4) is 0 Å². The number of ether oxygens (including phenoxy) is 1. The molecular formula is C25H19ClN4O2S. The number of halogens is 1. The number of nitrogens with one attached hydrogen (secondary N) is 1. The van der Waals surface area contributed by atoms with E-state index in [0.717, 1.165) is 22.0 Å². The van der Waals surface area contributed by atoms with Crippen molar-refractivity contribution in [3.63, 3.8) is 0 Å². The molecule has 33 heavy (non-hydrogen) atoms. The zero-order valence-electron chi connectivity index (χ0n) is 17.9. The second kappa shape index (κ2) is 8.69. The Hall–Kier alpha value is -3.68. The molecule has 0 saturated heterocycles. The fourth-order valence-corrected chi connectivity index (χ4v) is 4.66. The van der Waals surface area contributed by atoms with Crippen LogP contribution in [-0.4, -0.2) is 21.6 Å². The summed E-state index contributed by atoms with van der Waals surface area (Å²) < 4.78 is 6.84. The van der Waals surface area contributed by atoms with Crippen molar-refractivity contribution in [2.75, 3.05) is 12.4 Å². The molecule has 2 aromatic heterocycles. The number of methoxy groups -OCH3 is 1.